The number of benzene rings is 4. The first-order valence-corrected chi connectivity index (χ1v) is 18.6. The minimum absolute atomic E-state index is 0.0229. The van der Waals surface area contributed by atoms with E-state index in [1.165, 1.54) is 4.31 Å². The van der Waals surface area contributed by atoms with Crippen LogP contribution in [-0.4, -0.2) is 44.6 Å². The number of hydrogen-bond donors (Lipinski definition) is 0. The topological polar surface area (TPSA) is 84.0 Å². The van der Waals surface area contributed by atoms with Crippen molar-refractivity contribution in [1.82, 2.24) is 8.61 Å². The monoisotopic (exact) mass is 676 g/mol. The van der Waals surface area contributed by atoms with E-state index >= 15 is 0 Å². The van der Waals surface area contributed by atoms with E-state index in [0.29, 0.717) is 23.0 Å². The van der Waals surface area contributed by atoms with Gasteiger partial charge in [0, 0.05) is 23.6 Å². The Labute approximate surface area is 277 Å². The first-order valence-electron chi connectivity index (χ1n) is 15.3. The van der Waals surface area contributed by atoms with Crippen LogP contribution in [0.5, 0.6) is 0 Å². The molecular weight excluding hydrogens is 640 g/mol. The van der Waals surface area contributed by atoms with E-state index in [0.717, 1.165) is 22.3 Å². The molecule has 2 aliphatic rings. The van der Waals surface area contributed by atoms with Crippen molar-refractivity contribution in [2.24, 2.45) is 0 Å². The molecule has 0 bridgehead atoms. The molecule has 0 N–H and O–H groups in total. The van der Waals surface area contributed by atoms with Crippen LogP contribution in [0.4, 0.5) is 0 Å². The lowest BCUT2D eigenvalue weighted by Gasteiger charge is -2.49. The number of nitrogens with zero attached hydrogens (tertiary/aromatic N) is 2. The zero-order valence-electron chi connectivity index (χ0n) is 26.0. The maximum absolute atomic E-state index is 14.7. The molecule has 0 saturated carbocycles. The summed E-state index contributed by atoms with van der Waals surface area (Å²) < 4.78 is 67.6. The molecule has 0 spiro atoms. The molecule has 1 fully saturated rings. The lowest BCUT2D eigenvalue weighted by atomic mass is 9.84. The fourth-order valence-electron chi connectivity index (χ4n) is 6.52. The van der Waals surface area contributed by atoms with E-state index in [1.807, 2.05) is 63.2 Å². The number of sulfonamides is 2. The third-order valence-corrected chi connectivity index (χ3v) is 12.9. The van der Waals surface area contributed by atoms with E-state index in [2.05, 4.69) is 0 Å². The largest absolute Gasteiger partial charge is 0.498 e. The second kappa shape index (κ2) is 13.0. The number of ether oxygens (including phenoxy) is 1. The molecule has 10 heteroatoms. The van der Waals surface area contributed by atoms with Gasteiger partial charge < -0.3 is 4.74 Å². The molecule has 6 rings (SSSR count). The van der Waals surface area contributed by atoms with Gasteiger partial charge in [0.15, 0.2) is 0 Å². The first kappa shape index (κ1) is 32.5. The zero-order valence-corrected chi connectivity index (χ0v) is 28.4. The summed E-state index contributed by atoms with van der Waals surface area (Å²) in [5, 5.41) is 0.525. The van der Waals surface area contributed by atoms with Crippen LogP contribution in [0.25, 0.3) is 0 Å². The van der Waals surface area contributed by atoms with Crippen LogP contribution < -0.4 is 0 Å². The van der Waals surface area contributed by atoms with Crippen molar-refractivity contribution in [2.45, 2.75) is 61.5 Å². The Kier molecular flexibility index (Phi) is 9.15. The summed E-state index contributed by atoms with van der Waals surface area (Å²) in [6, 6.07) is 28.5. The van der Waals surface area contributed by atoms with Crippen molar-refractivity contribution in [3.8, 4) is 0 Å². The van der Waals surface area contributed by atoms with Gasteiger partial charge in [-0.2, -0.15) is 8.61 Å². The Balaban J connectivity index is 1.56. The van der Waals surface area contributed by atoms with Crippen LogP contribution in [0, 0.1) is 13.8 Å². The molecule has 2 heterocycles. The molecule has 1 saturated heterocycles. The maximum atomic E-state index is 14.7. The average molecular weight is 677 g/mol. The highest BCUT2D eigenvalue weighted by molar-refractivity contribution is 7.89. The van der Waals surface area contributed by atoms with Crippen molar-refractivity contribution >= 4 is 31.6 Å². The van der Waals surface area contributed by atoms with Crippen LogP contribution in [0.1, 0.15) is 54.1 Å². The molecule has 4 aromatic rings. The summed E-state index contributed by atoms with van der Waals surface area (Å²) in [5.74, 6) is 0.635. The number of halogens is 1. The standard InChI is InChI=1S/C36H37ClN2O5S2/c1-4-44-36-23-34(27-8-6-5-7-9-27)39(46(42,43)31-20-12-26(3)13-21-31)35-22-33(28-14-16-29(37)17-15-28)38(24-32(35)36)45(40,41)30-18-10-25(2)11-19-30/h5-21,33-35H,4,22-24H2,1-3H3/t33?,34?,35-/m0/s1. The fraction of sp³-hybridized carbons (Fsp3) is 0.278. The molecule has 2 unspecified atom stereocenters. The van der Waals surface area contributed by atoms with Crippen molar-refractivity contribution in [1.29, 1.82) is 0 Å². The second-order valence-electron chi connectivity index (χ2n) is 11.8. The van der Waals surface area contributed by atoms with Crippen molar-refractivity contribution in [2.75, 3.05) is 13.2 Å². The van der Waals surface area contributed by atoms with Gasteiger partial charge in [0.2, 0.25) is 20.0 Å². The van der Waals surface area contributed by atoms with Gasteiger partial charge in [-0.05, 0) is 74.7 Å². The van der Waals surface area contributed by atoms with Crippen LogP contribution in [0.15, 0.2) is 124 Å². The van der Waals surface area contributed by atoms with Gasteiger partial charge >= 0.3 is 0 Å². The van der Waals surface area contributed by atoms with Crippen LogP contribution in [0.3, 0.4) is 0 Å². The van der Waals surface area contributed by atoms with Gasteiger partial charge in [0.05, 0.1) is 40.3 Å². The summed E-state index contributed by atoms with van der Waals surface area (Å²) >= 11 is 6.26. The molecule has 46 heavy (non-hydrogen) atoms. The Morgan fingerprint density at radius 1 is 0.696 bits per heavy atom. The number of hydrogen-bond acceptors (Lipinski definition) is 5. The fourth-order valence-corrected chi connectivity index (χ4v) is 10.1. The molecule has 2 aliphatic heterocycles. The summed E-state index contributed by atoms with van der Waals surface area (Å²) in [6.07, 6.45) is 0.464. The Morgan fingerprint density at radius 3 is 1.80 bits per heavy atom. The summed E-state index contributed by atoms with van der Waals surface area (Å²) in [5.41, 5.74) is 4.13. The predicted molar refractivity (Wildman–Crippen MR) is 180 cm³/mol. The van der Waals surface area contributed by atoms with Gasteiger partial charge in [0.1, 0.15) is 0 Å². The highest BCUT2D eigenvalue weighted by Crippen LogP contribution is 2.49. The highest BCUT2D eigenvalue weighted by Gasteiger charge is 2.51. The van der Waals surface area contributed by atoms with Crippen molar-refractivity contribution < 1.29 is 21.6 Å². The Hall–Kier alpha value is -3.47. The summed E-state index contributed by atoms with van der Waals surface area (Å²) in [7, 11) is -8.06. The van der Waals surface area contributed by atoms with Gasteiger partial charge in [-0.1, -0.05) is 89.5 Å². The van der Waals surface area contributed by atoms with Crippen LogP contribution >= 0.6 is 11.6 Å². The zero-order chi connectivity index (χ0) is 32.6. The Bertz CT molecular complexity index is 1950. The van der Waals surface area contributed by atoms with Gasteiger partial charge in [0.25, 0.3) is 0 Å². The second-order valence-corrected chi connectivity index (χ2v) is 16.0. The van der Waals surface area contributed by atoms with Gasteiger partial charge in [-0.3, -0.25) is 0 Å². The van der Waals surface area contributed by atoms with E-state index in [-0.39, 0.29) is 29.2 Å². The minimum Gasteiger partial charge on any atom is -0.498 e. The third kappa shape index (κ3) is 6.14. The normalized spacial score (nSPS) is 21.2. The molecule has 0 radical (unpaired) electrons. The smallest absolute Gasteiger partial charge is 0.244 e. The first-order chi connectivity index (χ1) is 22.0. The summed E-state index contributed by atoms with van der Waals surface area (Å²) in [4.78, 5) is 0.368. The average Bonchev–Trinajstić information content (AvgIpc) is 3.05. The van der Waals surface area contributed by atoms with Gasteiger partial charge in [-0.15, -0.1) is 0 Å². The number of aryl methyl sites for hydroxylation is 2. The minimum atomic E-state index is -4.05. The molecule has 240 valence electrons. The van der Waals surface area contributed by atoms with E-state index < -0.39 is 38.2 Å². The molecule has 0 aliphatic carbocycles. The lowest BCUT2D eigenvalue weighted by Crippen LogP contribution is -2.54. The number of piperidine rings is 1. The lowest BCUT2D eigenvalue weighted by molar-refractivity contribution is 0.118. The highest BCUT2D eigenvalue weighted by atomic mass is 35.5. The number of rotatable bonds is 8. The summed E-state index contributed by atoms with van der Waals surface area (Å²) in [6.45, 7) is 6.05. The third-order valence-electron chi connectivity index (χ3n) is 8.86. The Morgan fingerprint density at radius 2 is 1.24 bits per heavy atom. The van der Waals surface area contributed by atoms with Crippen molar-refractivity contribution in [3.63, 3.8) is 0 Å². The molecule has 3 atom stereocenters. The van der Waals surface area contributed by atoms with E-state index in [9.17, 15) is 16.8 Å². The number of fused-ring (bicyclic) bond motifs is 1. The van der Waals surface area contributed by atoms with E-state index in [4.69, 9.17) is 16.3 Å². The molecule has 4 aromatic carbocycles. The van der Waals surface area contributed by atoms with E-state index in [1.54, 1.807) is 65.0 Å². The van der Waals surface area contributed by atoms with Crippen LogP contribution in [-0.2, 0) is 24.8 Å². The molecular formula is C36H37ClN2O5S2. The SMILES string of the molecule is CCOC1=C2CN(S(=O)(=O)c3ccc(C)cc3)C(c3ccc(Cl)cc3)C[C@@H]2N(S(=O)(=O)c2ccc(C)cc2)C(c2ccccc2)C1. The van der Waals surface area contributed by atoms with Crippen LogP contribution in [0.2, 0.25) is 5.02 Å². The molecule has 0 amide bonds. The van der Waals surface area contributed by atoms with Crippen molar-refractivity contribution in [3.05, 3.63) is 142 Å². The quantitative estimate of drug-likeness (QED) is 0.192. The molecule has 7 nitrogen and oxygen atoms in total. The maximum Gasteiger partial charge on any atom is 0.244 e. The molecule has 0 aromatic heterocycles. The predicted octanol–water partition coefficient (Wildman–Crippen LogP) is 7.59. The van der Waals surface area contributed by atoms with Gasteiger partial charge in [-0.25, -0.2) is 16.8 Å².